The van der Waals surface area contributed by atoms with Crippen molar-refractivity contribution in [3.05, 3.63) is 59.7 Å². The van der Waals surface area contributed by atoms with Crippen LogP contribution in [-0.4, -0.2) is 36.7 Å². The summed E-state index contributed by atoms with van der Waals surface area (Å²) in [7, 11) is 0. The van der Waals surface area contributed by atoms with Crippen LogP contribution >= 0.6 is 0 Å². The van der Waals surface area contributed by atoms with Crippen molar-refractivity contribution in [2.24, 2.45) is 0 Å². The van der Waals surface area contributed by atoms with Gasteiger partial charge >= 0.3 is 12.0 Å². The normalized spacial score (nSPS) is 11.4. The molecule has 0 spiro atoms. The molecule has 0 fully saturated rings. The maximum Gasteiger partial charge on any atom is 0.338 e. The Morgan fingerprint density at radius 3 is 2.29 bits per heavy atom. The molecule has 2 aromatic carbocycles. The standard InChI is InChI=1S/C23H29N3O5/c1-5-30-20-9-7-6-8-19(20)26-21(27)16(4)31-22(28)18-12-10-17(11-13-18)14-24-23(29)25-15(2)3/h6-13,15-16H,5,14H2,1-4H3,(H,26,27)(H2,24,25,29)/t16-/m1/s1. The topological polar surface area (TPSA) is 106 Å². The van der Waals surface area contributed by atoms with Crippen molar-refractivity contribution in [3.63, 3.8) is 0 Å². The monoisotopic (exact) mass is 427 g/mol. The van der Waals surface area contributed by atoms with E-state index in [4.69, 9.17) is 9.47 Å². The molecule has 2 rings (SSSR count). The molecule has 1 atom stereocenters. The molecule has 2 aromatic rings. The highest BCUT2D eigenvalue weighted by Crippen LogP contribution is 2.24. The lowest BCUT2D eigenvalue weighted by Crippen LogP contribution is -2.39. The first-order valence-corrected chi connectivity index (χ1v) is 10.2. The van der Waals surface area contributed by atoms with Crippen LogP contribution in [0.2, 0.25) is 0 Å². The van der Waals surface area contributed by atoms with E-state index in [1.165, 1.54) is 6.92 Å². The number of amides is 3. The van der Waals surface area contributed by atoms with Crippen LogP contribution in [0.25, 0.3) is 0 Å². The highest BCUT2D eigenvalue weighted by Gasteiger charge is 2.20. The predicted octanol–water partition coefficient (Wildman–Crippen LogP) is 3.48. The summed E-state index contributed by atoms with van der Waals surface area (Å²) in [5, 5.41) is 8.18. The highest BCUT2D eigenvalue weighted by atomic mass is 16.5. The molecule has 0 aliphatic heterocycles. The Balaban J connectivity index is 1.89. The lowest BCUT2D eigenvalue weighted by molar-refractivity contribution is -0.123. The van der Waals surface area contributed by atoms with Gasteiger partial charge in [-0.15, -0.1) is 0 Å². The van der Waals surface area contributed by atoms with Gasteiger partial charge in [0.15, 0.2) is 6.10 Å². The van der Waals surface area contributed by atoms with Crippen molar-refractivity contribution >= 4 is 23.6 Å². The number of nitrogens with one attached hydrogen (secondary N) is 3. The number of carbonyl (C=O) groups excluding carboxylic acids is 3. The second-order valence-corrected chi connectivity index (χ2v) is 7.14. The van der Waals surface area contributed by atoms with Gasteiger partial charge in [-0.25, -0.2) is 9.59 Å². The number of carbonyl (C=O) groups is 3. The molecule has 31 heavy (non-hydrogen) atoms. The largest absolute Gasteiger partial charge is 0.492 e. The van der Waals surface area contributed by atoms with E-state index in [1.54, 1.807) is 48.5 Å². The van der Waals surface area contributed by atoms with Crippen molar-refractivity contribution in [1.29, 1.82) is 0 Å². The lowest BCUT2D eigenvalue weighted by atomic mass is 10.1. The maximum absolute atomic E-state index is 12.4. The minimum absolute atomic E-state index is 0.0454. The third kappa shape index (κ3) is 7.65. The van der Waals surface area contributed by atoms with Crippen LogP contribution in [0.15, 0.2) is 48.5 Å². The van der Waals surface area contributed by atoms with Crippen LogP contribution < -0.4 is 20.7 Å². The molecular formula is C23H29N3O5. The van der Waals surface area contributed by atoms with Gasteiger partial charge in [0.1, 0.15) is 5.75 Å². The van der Waals surface area contributed by atoms with Crippen LogP contribution in [0.5, 0.6) is 5.75 Å². The van der Waals surface area contributed by atoms with Crippen LogP contribution in [-0.2, 0) is 16.1 Å². The third-order valence-corrected chi connectivity index (χ3v) is 4.16. The van der Waals surface area contributed by atoms with Crippen LogP contribution in [0.4, 0.5) is 10.5 Å². The van der Waals surface area contributed by atoms with E-state index in [-0.39, 0.29) is 12.1 Å². The van der Waals surface area contributed by atoms with Gasteiger partial charge in [0, 0.05) is 12.6 Å². The average molecular weight is 428 g/mol. The fourth-order valence-corrected chi connectivity index (χ4v) is 2.62. The molecule has 0 aromatic heterocycles. The van der Waals surface area contributed by atoms with Gasteiger partial charge in [0.25, 0.3) is 5.91 Å². The molecule has 0 unspecified atom stereocenters. The molecule has 8 nitrogen and oxygen atoms in total. The van der Waals surface area contributed by atoms with Crippen molar-refractivity contribution < 1.29 is 23.9 Å². The first kappa shape index (κ1) is 23.7. The highest BCUT2D eigenvalue weighted by molar-refractivity contribution is 5.98. The summed E-state index contributed by atoms with van der Waals surface area (Å²) < 4.78 is 10.8. The zero-order valence-corrected chi connectivity index (χ0v) is 18.2. The summed E-state index contributed by atoms with van der Waals surface area (Å²) in [4.78, 5) is 36.4. The fraction of sp³-hybridized carbons (Fsp3) is 0.348. The summed E-state index contributed by atoms with van der Waals surface area (Å²) in [6, 6.07) is 13.4. The molecule has 3 N–H and O–H groups in total. The quantitative estimate of drug-likeness (QED) is 0.532. The SMILES string of the molecule is CCOc1ccccc1NC(=O)[C@@H](C)OC(=O)c1ccc(CNC(=O)NC(C)C)cc1. The first-order chi connectivity index (χ1) is 14.8. The number of rotatable bonds is 9. The number of benzene rings is 2. The Kier molecular flexibility index (Phi) is 8.87. The van der Waals surface area contributed by atoms with E-state index in [0.29, 0.717) is 30.2 Å². The number of hydrogen-bond donors (Lipinski definition) is 3. The zero-order valence-electron chi connectivity index (χ0n) is 18.2. The van der Waals surface area contributed by atoms with Crippen molar-refractivity contribution in [2.75, 3.05) is 11.9 Å². The Morgan fingerprint density at radius 1 is 0.968 bits per heavy atom. The minimum Gasteiger partial charge on any atom is -0.492 e. The molecule has 0 bridgehead atoms. The van der Waals surface area contributed by atoms with Gasteiger partial charge in [-0.3, -0.25) is 4.79 Å². The van der Waals surface area contributed by atoms with Crippen LogP contribution in [0.3, 0.4) is 0 Å². The van der Waals surface area contributed by atoms with Gasteiger partial charge in [-0.05, 0) is 57.5 Å². The van der Waals surface area contributed by atoms with E-state index >= 15 is 0 Å². The summed E-state index contributed by atoms with van der Waals surface area (Å²) in [6.45, 7) is 7.89. The maximum atomic E-state index is 12.4. The van der Waals surface area contributed by atoms with Gasteiger partial charge in [0.05, 0.1) is 17.9 Å². The lowest BCUT2D eigenvalue weighted by Gasteiger charge is -2.16. The van der Waals surface area contributed by atoms with E-state index in [0.717, 1.165) is 5.56 Å². The fourth-order valence-electron chi connectivity index (χ4n) is 2.62. The van der Waals surface area contributed by atoms with Crippen LogP contribution in [0.1, 0.15) is 43.6 Å². The summed E-state index contributed by atoms with van der Waals surface area (Å²) in [6.07, 6.45) is -0.997. The first-order valence-electron chi connectivity index (χ1n) is 10.2. The Hall–Kier alpha value is -3.55. The minimum atomic E-state index is -0.997. The number of anilines is 1. The number of esters is 1. The molecule has 0 aliphatic rings. The molecule has 0 saturated carbocycles. The second kappa shape index (κ2) is 11.6. The number of hydrogen-bond acceptors (Lipinski definition) is 5. The molecule has 3 amide bonds. The Labute approximate surface area is 182 Å². The van der Waals surface area contributed by atoms with E-state index < -0.39 is 18.0 Å². The smallest absolute Gasteiger partial charge is 0.338 e. The molecule has 0 heterocycles. The number of urea groups is 1. The molecule has 8 heteroatoms. The number of para-hydroxylation sites is 2. The van der Waals surface area contributed by atoms with Crippen molar-refractivity contribution in [3.8, 4) is 5.75 Å². The third-order valence-electron chi connectivity index (χ3n) is 4.16. The summed E-state index contributed by atoms with van der Waals surface area (Å²) in [5.74, 6) is -0.529. The Morgan fingerprint density at radius 2 is 1.65 bits per heavy atom. The predicted molar refractivity (Wildman–Crippen MR) is 118 cm³/mol. The summed E-state index contributed by atoms with van der Waals surface area (Å²) >= 11 is 0. The number of ether oxygens (including phenoxy) is 2. The van der Waals surface area contributed by atoms with Crippen molar-refractivity contribution in [1.82, 2.24) is 10.6 Å². The summed E-state index contributed by atoms with van der Waals surface area (Å²) in [5.41, 5.74) is 1.65. The van der Waals surface area contributed by atoms with E-state index in [1.807, 2.05) is 20.8 Å². The Bertz CT molecular complexity index is 896. The van der Waals surface area contributed by atoms with Crippen molar-refractivity contribution in [2.45, 2.75) is 46.4 Å². The average Bonchev–Trinajstić information content (AvgIpc) is 2.73. The zero-order chi connectivity index (χ0) is 22.8. The molecule has 166 valence electrons. The van der Waals surface area contributed by atoms with Crippen LogP contribution in [0, 0.1) is 0 Å². The van der Waals surface area contributed by atoms with E-state index in [9.17, 15) is 14.4 Å². The van der Waals surface area contributed by atoms with Gasteiger partial charge < -0.3 is 25.4 Å². The van der Waals surface area contributed by atoms with E-state index in [2.05, 4.69) is 16.0 Å². The molecule has 0 aliphatic carbocycles. The molecule has 0 saturated heterocycles. The van der Waals surface area contributed by atoms with Gasteiger partial charge in [-0.1, -0.05) is 24.3 Å². The molecular weight excluding hydrogens is 398 g/mol. The van der Waals surface area contributed by atoms with Gasteiger partial charge in [-0.2, -0.15) is 0 Å². The second-order valence-electron chi connectivity index (χ2n) is 7.14. The van der Waals surface area contributed by atoms with Gasteiger partial charge in [0.2, 0.25) is 0 Å². The molecule has 0 radical (unpaired) electrons.